The fourth-order valence-corrected chi connectivity index (χ4v) is 2.34. The summed E-state index contributed by atoms with van der Waals surface area (Å²) in [5.41, 5.74) is 2.16. The van der Waals surface area contributed by atoms with Gasteiger partial charge >= 0.3 is 0 Å². The molecule has 0 saturated heterocycles. The summed E-state index contributed by atoms with van der Waals surface area (Å²) in [6.45, 7) is 4.47. The maximum atomic E-state index is 13.1. The summed E-state index contributed by atoms with van der Waals surface area (Å²) in [5.74, 6) is 0.553. The number of ether oxygens (including phenoxy) is 1. The van der Waals surface area contributed by atoms with Gasteiger partial charge in [0, 0.05) is 6.54 Å². The van der Waals surface area contributed by atoms with Gasteiger partial charge in [0.25, 0.3) is 0 Å². The summed E-state index contributed by atoms with van der Waals surface area (Å²) < 4.78 is 19.3. The largest absolute Gasteiger partial charge is 0.489 e. The minimum absolute atomic E-state index is 0.261. The van der Waals surface area contributed by atoms with E-state index in [0.717, 1.165) is 30.8 Å². The maximum Gasteiger partial charge on any atom is 0.137 e. The Morgan fingerprint density at radius 3 is 2.48 bits per heavy atom. The van der Waals surface area contributed by atoms with Crippen molar-refractivity contribution in [3.63, 3.8) is 0 Å². The Morgan fingerprint density at radius 1 is 1.10 bits per heavy atom. The van der Waals surface area contributed by atoms with Crippen molar-refractivity contribution < 1.29 is 9.13 Å². The number of benzene rings is 2. The van der Waals surface area contributed by atoms with E-state index < -0.39 is 0 Å². The van der Waals surface area contributed by atoms with Gasteiger partial charge in [-0.2, -0.15) is 0 Å². The Morgan fingerprint density at radius 2 is 1.81 bits per heavy atom. The third kappa shape index (κ3) is 5.14. The lowest BCUT2D eigenvalue weighted by molar-refractivity contribution is 0.306. The lowest BCUT2D eigenvalue weighted by Crippen LogP contribution is -2.13. The average Bonchev–Trinajstić information content (AvgIpc) is 2.50. The number of nitrogens with one attached hydrogen (secondary N) is 1. The Hall–Kier alpha value is -1.39. The Kier molecular flexibility index (Phi) is 6.21. The molecular formula is C17H19BrFNO. The quantitative estimate of drug-likeness (QED) is 0.732. The average molecular weight is 352 g/mol. The summed E-state index contributed by atoms with van der Waals surface area (Å²) in [6, 6.07) is 12.9. The molecule has 1 N–H and O–H groups in total. The van der Waals surface area contributed by atoms with E-state index >= 15 is 0 Å². The predicted molar refractivity (Wildman–Crippen MR) is 86.9 cm³/mol. The molecule has 0 aliphatic heterocycles. The van der Waals surface area contributed by atoms with Crippen LogP contribution in [0.2, 0.25) is 0 Å². The molecule has 4 heteroatoms. The van der Waals surface area contributed by atoms with E-state index in [4.69, 9.17) is 4.74 Å². The van der Waals surface area contributed by atoms with Crippen LogP contribution in [0.5, 0.6) is 5.75 Å². The second-order valence-electron chi connectivity index (χ2n) is 4.86. The van der Waals surface area contributed by atoms with Crippen molar-refractivity contribution in [2.75, 3.05) is 6.54 Å². The van der Waals surface area contributed by atoms with Crippen molar-refractivity contribution in [1.29, 1.82) is 0 Å². The van der Waals surface area contributed by atoms with E-state index in [0.29, 0.717) is 11.1 Å². The van der Waals surface area contributed by atoms with Crippen molar-refractivity contribution in [3.8, 4) is 5.75 Å². The molecule has 2 nitrogen and oxygen atoms in total. The number of hydrogen-bond donors (Lipinski definition) is 1. The molecule has 0 aliphatic rings. The van der Waals surface area contributed by atoms with Crippen LogP contribution < -0.4 is 10.1 Å². The maximum absolute atomic E-state index is 13.1. The SMILES string of the molecule is CCCNCc1ccc(OCc2ccc(F)c(Br)c2)cc1. The standard InChI is InChI=1S/C17H19BrFNO/c1-2-9-20-11-13-3-6-15(7-4-13)21-12-14-5-8-17(19)16(18)10-14/h3-8,10,20H,2,9,11-12H2,1H3. The smallest absolute Gasteiger partial charge is 0.137 e. The van der Waals surface area contributed by atoms with Gasteiger partial charge in [0.1, 0.15) is 18.2 Å². The van der Waals surface area contributed by atoms with Crippen molar-refractivity contribution in [2.24, 2.45) is 0 Å². The summed E-state index contributed by atoms with van der Waals surface area (Å²) >= 11 is 3.17. The number of rotatable bonds is 7. The van der Waals surface area contributed by atoms with Gasteiger partial charge in [0.05, 0.1) is 4.47 Å². The van der Waals surface area contributed by atoms with Crippen LogP contribution in [0, 0.1) is 5.82 Å². The van der Waals surface area contributed by atoms with Crippen LogP contribution >= 0.6 is 15.9 Å². The highest BCUT2D eigenvalue weighted by Gasteiger charge is 2.02. The summed E-state index contributed by atoms with van der Waals surface area (Å²) in [7, 11) is 0. The Bertz CT molecular complexity index is 572. The molecule has 2 aromatic carbocycles. The third-order valence-corrected chi connectivity index (χ3v) is 3.68. The van der Waals surface area contributed by atoms with Crippen LogP contribution in [-0.4, -0.2) is 6.54 Å². The highest BCUT2D eigenvalue weighted by atomic mass is 79.9. The second-order valence-corrected chi connectivity index (χ2v) is 5.71. The van der Waals surface area contributed by atoms with Gasteiger partial charge in [0.2, 0.25) is 0 Å². The zero-order valence-corrected chi connectivity index (χ0v) is 13.6. The topological polar surface area (TPSA) is 21.3 Å². The van der Waals surface area contributed by atoms with Crippen molar-refractivity contribution in [1.82, 2.24) is 5.32 Å². The fourth-order valence-electron chi connectivity index (χ4n) is 1.91. The van der Waals surface area contributed by atoms with Crippen molar-refractivity contribution in [3.05, 3.63) is 63.9 Å². The molecule has 0 aromatic heterocycles. The molecule has 0 atom stereocenters. The van der Waals surface area contributed by atoms with E-state index in [-0.39, 0.29) is 5.82 Å². The molecule has 0 unspecified atom stereocenters. The third-order valence-electron chi connectivity index (χ3n) is 3.07. The van der Waals surface area contributed by atoms with Gasteiger partial charge in [-0.15, -0.1) is 0 Å². The molecule has 0 heterocycles. The van der Waals surface area contributed by atoms with Gasteiger partial charge in [-0.1, -0.05) is 25.1 Å². The van der Waals surface area contributed by atoms with Crippen LogP contribution in [0.25, 0.3) is 0 Å². The van der Waals surface area contributed by atoms with Crippen molar-refractivity contribution in [2.45, 2.75) is 26.5 Å². The molecule has 0 fully saturated rings. The van der Waals surface area contributed by atoms with Crippen LogP contribution in [-0.2, 0) is 13.2 Å². The molecule has 0 spiro atoms. The van der Waals surface area contributed by atoms with Crippen LogP contribution in [0.3, 0.4) is 0 Å². The zero-order valence-electron chi connectivity index (χ0n) is 12.0. The zero-order chi connectivity index (χ0) is 15.1. The first-order valence-electron chi connectivity index (χ1n) is 7.05. The van der Waals surface area contributed by atoms with E-state index in [9.17, 15) is 4.39 Å². The highest BCUT2D eigenvalue weighted by molar-refractivity contribution is 9.10. The van der Waals surface area contributed by atoms with Gasteiger partial charge in [-0.05, 0) is 64.3 Å². The molecule has 0 saturated carbocycles. The minimum Gasteiger partial charge on any atom is -0.489 e. The van der Waals surface area contributed by atoms with Crippen LogP contribution in [0.4, 0.5) is 4.39 Å². The van der Waals surface area contributed by atoms with Crippen molar-refractivity contribution >= 4 is 15.9 Å². The molecule has 2 aromatic rings. The van der Waals surface area contributed by atoms with Gasteiger partial charge in [-0.25, -0.2) is 4.39 Å². The fraction of sp³-hybridized carbons (Fsp3) is 0.294. The second kappa shape index (κ2) is 8.15. The van der Waals surface area contributed by atoms with E-state index in [2.05, 4.69) is 40.3 Å². The van der Waals surface area contributed by atoms with E-state index in [1.165, 1.54) is 11.6 Å². The predicted octanol–water partition coefficient (Wildman–Crippen LogP) is 4.67. The molecule has 0 bridgehead atoms. The molecule has 112 valence electrons. The monoisotopic (exact) mass is 351 g/mol. The molecule has 0 aliphatic carbocycles. The molecule has 0 radical (unpaired) electrons. The first-order valence-corrected chi connectivity index (χ1v) is 7.84. The lowest BCUT2D eigenvalue weighted by atomic mass is 10.2. The van der Waals surface area contributed by atoms with Crippen LogP contribution in [0.1, 0.15) is 24.5 Å². The lowest BCUT2D eigenvalue weighted by Gasteiger charge is -2.08. The normalized spacial score (nSPS) is 10.6. The van der Waals surface area contributed by atoms with E-state index in [1.807, 2.05) is 12.1 Å². The molecule has 2 rings (SSSR count). The molecule has 0 amide bonds. The van der Waals surface area contributed by atoms with E-state index in [1.54, 1.807) is 12.1 Å². The number of hydrogen-bond acceptors (Lipinski definition) is 2. The summed E-state index contributed by atoms with van der Waals surface area (Å²) in [4.78, 5) is 0. The summed E-state index contributed by atoms with van der Waals surface area (Å²) in [5, 5.41) is 3.36. The minimum atomic E-state index is -0.261. The molecule has 21 heavy (non-hydrogen) atoms. The van der Waals surface area contributed by atoms with Crippen LogP contribution in [0.15, 0.2) is 46.9 Å². The summed E-state index contributed by atoms with van der Waals surface area (Å²) in [6.07, 6.45) is 1.13. The van der Waals surface area contributed by atoms with Gasteiger partial charge < -0.3 is 10.1 Å². The molecular weight excluding hydrogens is 333 g/mol. The first-order chi connectivity index (χ1) is 10.2. The van der Waals surface area contributed by atoms with Gasteiger partial charge in [-0.3, -0.25) is 0 Å². The first kappa shape index (κ1) is 16.0. The number of halogens is 2. The van der Waals surface area contributed by atoms with Gasteiger partial charge in [0.15, 0.2) is 0 Å². The Balaban J connectivity index is 1.86. The highest BCUT2D eigenvalue weighted by Crippen LogP contribution is 2.19. The Labute approximate surface area is 133 Å².